The molecule has 1 fully saturated rings. The smallest absolute Gasteiger partial charge is 0.320 e. The Balaban J connectivity index is 2.67. The third-order valence-electron chi connectivity index (χ3n) is 6.81. The Morgan fingerprint density at radius 1 is 0.690 bits per heavy atom. The minimum absolute atomic E-state index is 0.0423. The largest absolute Gasteiger partial charge is 0.325 e. The van der Waals surface area contributed by atoms with Crippen LogP contribution in [0, 0.1) is 0 Å². The first kappa shape index (κ1) is 26.3. The van der Waals surface area contributed by atoms with Crippen molar-refractivity contribution in [1.82, 2.24) is 9.80 Å². The van der Waals surface area contributed by atoms with Crippen LogP contribution in [0.1, 0.15) is 138 Å². The zero-order valence-corrected chi connectivity index (χ0v) is 20.8. The highest BCUT2D eigenvalue weighted by molar-refractivity contribution is 5.76. The van der Waals surface area contributed by atoms with Gasteiger partial charge in [-0.05, 0) is 59.8 Å². The summed E-state index contributed by atoms with van der Waals surface area (Å²) in [5.41, 5.74) is -0.0847. The van der Waals surface area contributed by atoms with Crippen LogP contribution in [0.2, 0.25) is 0 Å². The standard InChI is InChI=1S/C26H52N2O/c1-7-9-11-13-15-17-22-27(23-18-16-14-12-10-8-2)24(29)28-25(3,4)20-19-21-26(28,5)6/h7-23H2,1-6H3. The van der Waals surface area contributed by atoms with Gasteiger partial charge in [-0.3, -0.25) is 0 Å². The predicted octanol–water partition coefficient (Wildman–Crippen LogP) is 8.17. The molecule has 0 N–H and O–H groups in total. The number of rotatable bonds is 14. The summed E-state index contributed by atoms with van der Waals surface area (Å²) in [5, 5.41) is 0. The number of nitrogens with zero attached hydrogens (tertiary/aromatic N) is 2. The maximum atomic E-state index is 13.7. The molecular formula is C26H52N2O. The topological polar surface area (TPSA) is 23.6 Å². The molecule has 0 spiro atoms. The van der Waals surface area contributed by atoms with Crippen molar-refractivity contribution in [3.05, 3.63) is 0 Å². The van der Waals surface area contributed by atoms with Crippen LogP contribution < -0.4 is 0 Å². The fraction of sp³-hybridized carbons (Fsp3) is 0.962. The van der Waals surface area contributed by atoms with Crippen molar-refractivity contribution in [1.29, 1.82) is 0 Å². The van der Waals surface area contributed by atoms with Gasteiger partial charge < -0.3 is 9.80 Å². The Hall–Kier alpha value is -0.730. The summed E-state index contributed by atoms with van der Waals surface area (Å²) in [6, 6.07) is 0.293. The van der Waals surface area contributed by atoms with Crippen molar-refractivity contribution in [2.45, 2.75) is 149 Å². The number of hydrogen-bond acceptors (Lipinski definition) is 1. The van der Waals surface area contributed by atoms with E-state index in [0.717, 1.165) is 38.8 Å². The molecule has 0 atom stereocenters. The van der Waals surface area contributed by atoms with Crippen LogP contribution >= 0.6 is 0 Å². The van der Waals surface area contributed by atoms with Crippen LogP contribution in [-0.2, 0) is 0 Å². The number of carbonyl (C=O) groups excluding carboxylic acids is 1. The van der Waals surface area contributed by atoms with E-state index in [1.54, 1.807) is 0 Å². The number of unbranched alkanes of at least 4 members (excludes halogenated alkanes) is 10. The van der Waals surface area contributed by atoms with E-state index in [2.05, 4.69) is 51.3 Å². The van der Waals surface area contributed by atoms with E-state index in [4.69, 9.17) is 0 Å². The van der Waals surface area contributed by atoms with Gasteiger partial charge in [-0.15, -0.1) is 0 Å². The molecule has 3 nitrogen and oxygen atoms in total. The van der Waals surface area contributed by atoms with Crippen molar-refractivity contribution in [2.24, 2.45) is 0 Å². The van der Waals surface area contributed by atoms with Gasteiger partial charge in [0.25, 0.3) is 0 Å². The van der Waals surface area contributed by atoms with Crippen molar-refractivity contribution in [2.75, 3.05) is 13.1 Å². The summed E-state index contributed by atoms with van der Waals surface area (Å²) >= 11 is 0. The summed E-state index contributed by atoms with van der Waals surface area (Å²) in [6.45, 7) is 15.5. The highest BCUT2D eigenvalue weighted by atomic mass is 16.2. The Morgan fingerprint density at radius 3 is 1.48 bits per heavy atom. The lowest BCUT2D eigenvalue weighted by Gasteiger charge is -2.54. The van der Waals surface area contributed by atoms with Gasteiger partial charge in [0.05, 0.1) is 0 Å². The van der Waals surface area contributed by atoms with E-state index in [1.807, 2.05) is 0 Å². The second-order valence-electron chi connectivity index (χ2n) is 10.6. The van der Waals surface area contributed by atoms with Gasteiger partial charge in [0.15, 0.2) is 0 Å². The maximum absolute atomic E-state index is 13.7. The van der Waals surface area contributed by atoms with E-state index in [0.29, 0.717) is 6.03 Å². The molecule has 1 aliphatic heterocycles. The van der Waals surface area contributed by atoms with Crippen LogP contribution in [-0.4, -0.2) is 40.0 Å². The van der Waals surface area contributed by atoms with Crippen LogP contribution in [0.4, 0.5) is 4.79 Å². The third kappa shape index (κ3) is 9.30. The molecule has 0 unspecified atom stereocenters. The van der Waals surface area contributed by atoms with Crippen LogP contribution in [0.25, 0.3) is 0 Å². The Bertz CT molecular complexity index is 412. The molecule has 1 rings (SSSR count). The SMILES string of the molecule is CCCCCCCCN(CCCCCCCC)C(=O)N1C(C)(C)CCCC1(C)C. The van der Waals surface area contributed by atoms with Gasteiger partial charge >= 0.3 is 6.03 Å². The van der Waals surface area contributed by atoms with Crippen molar-refractivity contribution < 1.29 is 4.79 Å². The molecule has 172 valence electrons. The summed E-state index contributed by atoms with van der Waals surface area (Å²) < 4.78 is 0. The minimum Gasteiger partial charge on any atom is -0.325 e. The molecule has 1 saturated heterocycles. The average Bonchev–Trinajstić information content (AvgIpc) is 2.63. The van der Waals surface area contributed by atoms with E-state index in [1.165, 1.54) is 70.6 Å². The number of urea groups is 1. The van der Waals surface area contributed by atoms with E-state index in [9.17, 15) is 4.79 Å². The summed E-state index contributed by atoms with van der Waals surface area (Å²) in [7, 11) is 0. The number of amides is 2. The van der Waals surface area contributed by atoms with E-state index in [-0.39, 0.29) is 11.1 Å². The molecule has 0 aromatic rings. The Morgan fingerprint density at radius 2 is 1.07 bits per heavy atom. The Kier molecular flexibility index (Phi) is 12.3. The first-order valence-electron chi connectivity index (χ1n) is 12.9. The monoisotopic (exact) mass is 408 g/mol. The molecule has 3 heteroatoms. The first-order chi connectivity index (χ1) is 13.8. The van der Waals surface area contributed by atoms with Crippen molar-refractivity contribution >= 4 is 6.03 Å². The summed E-state index contributed by atoms with van der Waals surface area (Å²) in [4.78, 5) is 18.2. The van der Waals surface area contributed by atoms with E-state index < -0.39 is 0 Å². The highest BCUT2D eigenvalue weighted by Crippen LogP contribution is 2.39. The number of carbonyl (C=O) groups is 1. The van der Waals surface area contributed by atoms with Gasteiger partial charge in [-0.1, -0.05) is 78.1 Å². The Labute approximate surface area is 183 Å². The molecule has 0 radical (unpaired) electrons. The van der Waals surface area contributed by atoms with Crippen LogP contribution in [0.5, 0.6) is 0 Å². The molecule has 0 bridgehead atoms. The molecule has 0 aliphatic carbocycles. The average molecular weight is 409 g/mol. The quantitative estimate of drug-likeness (QED) is 0.266. The molecule has 1 heterocycles. The predicted molar refractivity (Wildman–Crippen MR) is 128 cm³/mol. The van der Waals surface area contributed by atoms with Crippen molar-refractivity contribution in [3.63, 3.8) is 0 Å². The number of hydrogen-bond donors (Lipinski definition) is 0. The minimum atomic E-state index is -0.0423. The molecule has 1 aliphatic rings. The summed E-state index contributed by atoms with van der Waals surface area (Å²) in [6.07, 6.45) is 18.9. The van der Waals surface area contributed by atoms with E-state index >= 15 is 0 Å². The molecule has 0 aromatic heterocycles. The molecule has 2 amide bonds. The molecular weight excluding hydrogens is 356 g/mol. The molecule has 0 aromatic carbocycles. The fourth-order valence-corrected chi connectivity index (χ4v) is 5.12. The normalized spacial score (nSPS) is 18.1. The van der Waals surface area contributed by atoms with Gasteiger partial charge in [0.2, 0.25) is 0 Å². The van der Waals surface area contributed by atoms with Crippen LogP contribution in [0.3, 0.4) is 0 Å². The van der Waals surface area contributed by atoms with Gasteiger partial charge in [-0.25, -0.2) is 4.79 Å². The van der Waals surface area contributed by atoms with Crippen LogP contribution in [0.15, 0.2) is 0 Å². The number of piperidine rings is 1. The molecule has 0 saturated carbocycles. The lowest BCUT2D eigenvalue weighted by atomic mass is 9.80. The van der Waals surface area contributed by atoms with Gasteiger partial charge in [0.1, 0.15) is 0 Å². The second kappa shape index (κ2) is 13.5. The fourth-order valence-electron chi connectivity index (χ4n) is 5.12. The van der Waals surface area contributed by atoms with Gasteiger partial charge in [0, 0.05) is 24.2 Å². The van der Waals surface area contributed by atoms with Gasteiger partial charge in [-0.2, -0.15) is 0 Å². The third-order valence-corrected chi connectivity index (χ3v) is 6.81. The zero-order chi connectivity index (χ0) is 21.8. The molecule has 29 heavy (non-hydrogen) atoms. The zero-order valence-electron chi connectivity index (χ0n) is 20.8. The van der Waals surface area contributed by atoms with Crippen molar-refractivity contribution in [3.8, 4) is 0 Å². The first-order valence-corrected chi connectivity index (χ1v) is 12.9. The lowest BCUT2D eigenvalue weighted by Crippen LogP contribution is -2.64. The summed E-state index contributed by atoms with van der Waals surface area (Å²) in [5.74, 6) is 0. The maximum Gasteiger partial charge on any atom is 0.320 e. The lowest BCUT2D eigenvalue weighted by molar-refractivity contribution is -0.00393. The highest BCUT2D eigenvalue weighted by Gasteiger charge is 2.45. The number of likely N-dealkylation sites (tertiary alicyclic amines) is 1. The second-order valence-corrected chi connectivity index (χ2v) is 10.6.